The molecule has 5 rings (SSSR count). The van der Waals surface area contributed by atoms with E-state index in [4.69, 9.17) is 4.74 Å². The van der Waals surface area contributed by atoms with Crippen molar-refractivity contribution in [2.24, 2.45) is 28.1 Å². The number of ether oxygens (including phenoxy) is 1. The molecule has 1 N–H and O–H groups in total. The Balaban J connectivity index is 1.38. The normalized spacial score (nSPS) is 49.3. The van der Waals surface area contributed by atoms with Gasteiger partial charge in [-0.3, -0.25) is 14.4 Å². The van der Waals surface area contributed by atoms with Gasteiger partial charge in [0.1, 0.15) is 35.0 Å². The molecule has 0 bridgehead atoms. The molecular formula is C27H33F3O5S. The van der Waals surface area contributed by atoms with Gasteiger partial charge in [0.2, 0.25) is 5.12 Å². The van der Waals surface area contributed by atoms with Crippen molar-refractivity contribution in [2.45, 2.75) is 89.3 Å². The van der Waals surface area contributed by atoms with Crippen molar-refractivity contribution in [3.8, 4) is 0 Å². The van der Waals surface area contributed by atoms with Crippen LogP contribution < -0.4 is 0 Å². The van der Waals surface area contributed by atoms with Crippen LogP contribution in [0.2, 0.25) is 0 Å². The molecule has 0 aliphatic heterocycles. The summed E-state index contributed by atoms with van der Waals surface area (Å²) in [7, 11) is 0. The first-order valence-corrected chi connectivity index (χ1v) is 13.7. The average molecular weight is 527 g/mol. The van der Waals surface area contributed by atoms with Crippen molar-refractivity contribution >= 4 is 28.6 Å². The number of carbonyl (C=O) groups is 3. The molecule has 2 unspecified atom stereocenters. The Kier molecular flexibility index (Phi) is 5.92. The molecule has 5 aliphatic rings. The molecule has 9 heteroatoms. The summed E-state index contributed by atoms with van der Waals surface area (Å²) in [6.45, 7) is 5.11. The second-order valence-electron chi connectivity index (χ2n) is 12.0. The monoisotopic (exact) mass is 526 g/mol. The molecule has 0 saturated heterocycles. The summed E-state index contributed by atoms with van der Waals surface area (Å²) in [5.74, 6) is -1.86. The predicted molar refractivity (Wildman–Crippen MR) is 128 cm³/mol. The van der Waals surface area contributed by atoms with Crippen LogP contribution in [0.15, 0.2) is 23.8 Å². The maximum atomic E-state index is 17.0. The van der Waals surface area contributed by atoms with E-state index >= 15 is 8.78 Å². The van der Waals surface area contributed by atoms with Gasteiger partial charge in [-0.25, -0.2) is 13.2 Å². The number of esters is 1. The van der Waals surface area contributed by atoms with Gasteiger partial charge in [-0.05, 0) is 82.4 Å². The van der Waals surface area contributed by atoms with E-state index in [0.717, 1.165) is 0 Å². The van der Waals surface area contributed by atoms with Crippen molar-refractivity contribution in [1.29, 1.82) is 0 Å². The molecular weight excluding hydrogens is 493 g/mol. The lowest BCUT2D eigenvalue weighted by Crippen LogP contribution is -2.65. The maximum Gasteiger partial charge on any atom is 0.315 e. The summed E-state index contributed by atoms with van der Waals surface area (Å²) >= 11 is 0.343. The molecule has 0 spiro atoms. The van der Waals surface area contributed by atoms with Crippen LogP contribution in [0.1, 0.15) is 65.7 Å². The Morgan fingerprint density at radius 1 is 1.14 bits per heavy atom. The standard InChI is InChI=1S/C27H33F3O5S/c1-23-8-10-26(30)17(13-19(29)18-12-15(31)6-7-24(18,26)2)16(23)4-5-20(23)35-21(32)25(3)9-11-27(25,34)22(33)36-14-28/h6-7,12,16-17,19-20,34H,4-5,8-11,13-14H2,1-3H3/t16-,17-,19-,20+,23-,24-,25?,26+,27?/m0/s1. The largest absolute Gasteiger partial charge is 0.461 e. The molecule has 0 heterocycles. The highest BCUT2D eigenvalue weighted by Crippen LogP contribution is 2.68. The van der Waals surface area contributed by atoms with Crippen molar-refractivity contribution < 1.29 is 37.4 Å². The van der Waals surface area contributed by atoms with Gasteiger partial charge in [-0.1, -0.05) is 24.8 Å². The fraction of sp³-hybridized carbons (Fsp3) is 0.741. The van der Waals surface area contributed by atoms with Crippen LogP contribution in [0.5, 0.6) is 0 Å². The number of fused-ring (bicyclic) bond motifs is 5. The Bertz CT molecular complexity index is 1080. The molecule has 0 radical (unpaired) electrons. The van der Waals surface area contributed by atoms with Crippen LogP contribution >= 0.6 is 11.8 Å². The number of halogens is 3. The fourth-order valence-electron chi connectivity index (χ4n) is 7.99. The highest BCUT2D eigenvalue weighted by Gasteiger charge is 2.70. The molecule has 4 saturated carbocycles. The molecule has 0 amide bonds. The summed E-state index contributed by atoms with van der Waals surface area (Å²) in [6.07, 6.45) is 4.01. The van der Waals surface area contributed by atoms with Crippen LogP contribution in [-0.4, -0.2) is 51.5 Å². The Morgan fingerprint density at radius 3 is 2.50 bits per heavy atom. The molecule has 0 aromatic heterocycles. The smallest absolute Gasteiger partial charge is 0.315 e. The first-order valence-electron chi connectivity index (χ1n) is 12.7. The summed E-state index contributed by atoms with van der Waals surface area (Å²) in [5, 5.41) is 10.1. The fourth-order valence-corrected chi connectivity index (χ4v) is 8.65. The number of ketones is 1. The lowest BCUT2D eigenvalue weighted by atomic mass is 9.46. The minimum absolute atomic E-state index is 0.0214. The SMILES string of the molecule is CC1(C(=O)O[C@@H]2CC[C@H]3[C@@H]4C[C@H](F)C5=CC(=O)C=C[C@]5(C)[C@@]4(F)CC[C@]23C)CCC1(O)C(=O)SCF. The molecule has 9 atom stereocenters. The number of hydrogen-bond acceptors (Lipinski definition) is 6. The molecule has 0 aromatic carbocycles. The predicted octanol–water partition coefficient (Wildman–Crippen LogP) is 4.96. The number of thioether (sulfide) groups is 1. The third kappa shape index (κ3) is 3.17. The van der Waals surface area contributed by atoms with E-state index in [1.165, 1.54) is 25.2 Å². The molecule has 198 valence electrons. The first kappa shape index (κ1) is 26.0. The van der Waals surface area contributed by atoms with E-state index in [2.05, 4.69) is 0 Å². The van der Waals surface area contributed by atoms with Crippen LogP contribution in [0, 0.1) is 28.1 Å². The maximum absolute atomic E-state index is 17.0. The van der Waals surface area contributed by atoms with E-state index < -0.39 is 62.8 Å². The Morgan fingerprint density at radius 2 is 1.86 bits per heavy atom. The van der Waals surface area contributed by atoms with E-state index in [0.29, 0.717) is 31.0 Å². The van der Waals surface area contributed by atoms with Crippen molar-refractivity contribution in [2.75, 3.05) is 6.01 Å². The second kappa shape index (κ2) is 8.19. The highest BCUT2D eigenvalue weighted by atomic mass is 32.2. The zero-order chi connectivity index (χ0) is 26.3. The number of carbonyl (C=O) groups excluding carboxylic acids is 3. The Labute approximate surface area is 213 Å². The highest BCUT2D eigenvalue weighted by molar-refractivity contribution is 8.13. The average Bonchev–Trinajstić information content (AvgIpc) is 3.16. The van der Waals surface area contributed by atoms with E-state index in [1.54, 1.807) is 6.92 Å². The number of rotatable bonds is 4. The van der Waals surface area contributed by atoms with Gasteiger partial charge < -0.3 is 9.84 Å². The minimum atomic E-state index is -1.98. The van der Waals surface area contributed by atoms with Crippen LogP contribution in [0.4, 0.5) is 13.2 Å². The number of alkyl halides is 3. The number of allylic oxidation sites excluding steroid dienone is 4. The summed E-state index contributed by atoms with van der Waals surface area (Å²) < 4.78 is 51.1. The first-order chi connectivity index (χ1) is 16.8. The van der Waals surface area contributed by atoms with Crippen molar-refractivity contribution in [1.82, 2.24) is 0 Å². The summed E-state index contributed by atoms with van der Waals surface area (Å²) in [4.78, 5) is 37.6. The van der Waals surface area contributed by atoms with Gasteiger partial charge in [0.15, 0.2) is 5.78 Å². The van der Waals surface area contributed by atoms with Gasteiger partial charge in [0.05, 0.1) is 0 Å². The van der Waals surface area contributed by atoms with Crippen LogP contribution in [-0.2, 0) is 19.1 Å². The molecule has 4 fully saturated rings. The third-order valence-electron chi connectivity index (χ3n) is 10.7. The lowest BCUT2D eigenvalue weighted by Gasteiger charge is -2.60. The minimum Gasteiger partial charge on any atom is -0.461 e. The number of aliphatic hydroxyl groups is 1. The van der Waals surface area contributed by atoms with E-state index in [-0.39, 0.29) is 43.0 Å². The van der Waals surface area contributed by atoms with Gasteiger partial charge in [-0.2, -0.15) is 0 Å². The second-order valence-corrected chi connectivity index (χ2v) is 12.9. The van der Waals surface area contributed by atoms with Crippen LogP contribution in [0.3, 0.4) is 0 Å². The van der Waals surface area contributed by atoms with E-state index in [1.807, 2.05) is 6.92 Å². The van der Waals surface area contributed by atoms with E-state index in [9.17, 15) is 23.9 Å². The zero-order valence-electron chi connectivity index (χ0n) is 20.8. The van der Waals surface area contributed by atoms with Gasteiger partial charge in [0.25, 0.3) is 0 Å². The zero-order valence-corrected chi connectivity index (χ0v) is 21.6. The third-order valence-corrected chi connectivity index (χ3v) is 11.4. The van der Waals surface area contributed by atoms with Crippen LogP contribution in [0.25, 0.3) is 0 Å². The summed E-state index contributed by atoms with van der Waals surface area (Å²) in [5.41, 5.74) is -6.75. The van der Waals surface area contributed by atoms with Crippen molar-refractivity contribution in [3.63, 3.8) is 0 Å². The number of hydrogen-bond donors (Lipinski definition) is 1. The van der Waals surface area contributed by atoms with Gasteiger partial charge in [-0.15, -0.1) is 0 Å². The molecule has 0 aromatic rings. The molecule has 5 aliphatic carbocycles. The molecule has 5 nitrogen and oxygen atoms in total. The topological polar surface area (TPSA) is 80.7 Å². The quantitative estimate of drug-likeness (QED) is 0.522. The van der Waals surface area contributed by atoms with Gasteiger partial charge in [0, 0.05) is 16.7 Å². The lowest BCUT2D eigenvalue weighted by molar-refractivity contribution is -0.209. The molecule has 36 heavy (non-hydrogen) atoms. The Hall–Kier alpha value is -1.61. The summed E-state index contributed by atoms with van der Waals surface area (Å²) in [6, 6.07) is -0.990. The van der Waals surface area contributed by atoms with Crippen molar-refractivity contribution in [3.05, 3.63) is 23.8 Å². The van der Waals surface area contributed by atoms with Gasteiger partial charge >= 0.3 is 5.97 Å².